The highest BCUT2D eigenvalue weighted by Crippen LogP contribution is 2.40. The Bertz CT molecular complexity index is 1220. The third-order valence-electron chi connectivity index (χ3n) is 6.61. The molecule has 0 radical (unpaired) electrons. The van der Waals surface area contributed by atoms with Gasteiger partial charge in [-0.05, 0) is 25.0 Å². The maximum Gasteiger partial charge on any atom is 0.331 e. The molecular formula is C24H30N4O6. The lowest BCUT2D eigenvalue weighted by Crippen LogP contribution is -2.36. The van der Waals surface area contributed by atoms with Crippen molar-refractivity contribution in [1.29, 1.82) is 0 Å². The van der Waals surface area contributed by atoms with Crippen LogP contribution < -0.4 is 20.7 Å². The zero-order chi connectivity index (χ0) is 24.4. The molecule has 34 heavy (non-hydrogen) atoms. The van der Waals surface area contributed by atoms with Crippen LogP contribution in [0.3, 0.4) is 0 Å². The Balaban J connectivity index is 1.80. The molecule has 1 aliphatic carbocycles. The Morgan fingerprint density at radius 3 is 2.56 bits per heavy atom. The van der Waals surface area contributed by atoms with Crippen molar-refractivity contribution in [3.05, 3.63) is 50.2 Å². The van der Waals surface area contributed by atoms with Crippen LogP contribution in [0.15, 0.2) is 32.9 Å². The Morgan fingerprint density at radius 1 is 1.18 bits per heavy atom. The Hall–Kier alpha value is -3.56. The number of nitrogens with zero attached hydrogens (tertiary/aromatic N) is 3. The summed E-state index contributed by atoms with van der Waals surface area (Å²) in [7, 11) is 3.08. The SMILES string of the molecule is CCC(=O)N1N=C(c2c(O)n(C3CCCCC3)c(=O)[nH]c2=O)CC1c1ccc(OC)cc1OC. The standard InChI is InChI=1S/C24H30N4O6/c1-4-20(29)28-18(16-11-10-15(33-2)12-19(16)34-3)13-17(26-28)21-22(30)25-24(32)27(23(21)31)14-8-6-5-7-9-14/h10-12,14,18,31H,4-9,13H2,1-3H3,(H,25,30,32). The summed E-state index contributed by atoms with van der Waals surface area (Å²) in [6, 6.07) is 4.54. The van der Waals surface area contributed by atoms with Gasteiger partial charge in [-0.3, -0.25) is 19.1 Å². The minimum Gasteiger partial charge on any atom is -0.497 e. The summed E-state index contributed by atoms with van der Waals surface area (Å²) in [5.41, 5.74) is -0.492. The lowest BCUT2D eigenvalue weighted by molar-refractivity contribution is -0.132. The van der Waals surface area contributed by atoms with Crippen LogP contribution in [0, 0.1) is 0 Å². The number of hydrogen-bond acceptors (Lipinski definition) is 7. The Morgan fingerprint density at radius 2 is 1.91 bits per heavy atom. The van der Waals surface area contributed by atoms with Crippen LogP contribution >= 0.6 is 0 Å². The van der Waals surface area contributed by atoms with Crippen LogP contribution in [0.5, 0.6) is 17.4 Å². The van der Waals surface area contributed by atoms with E-state index in [0.29, 0.717) is 17.1 Å². The molecule has 10 heteroatoms. The van der Waals surface area contributed by atoms with Gasteiger partial charge in [0, 0.05) is 30.5 Å². The molecule has 1 atom stereocenters. The summed E-state index contributed by atoms with van der Waals surface area (Å²) in [6.45, 7) is 1.73. The van der Waals surface area contributed by atoms with Gasteiger partial charge < -0.3 is 14.6 Å². The maximum absolute atomic E-state index is 12.8. The lowest BCUT2D eigenvalue weighted by atomic mass is 9.94. The molecule has 182 valence electrons. The number of hydrogen-bond donors (Lipinski definition) is 2. The number of rotatable bonds is 6. The number of methoxy groups -OCH3 is 2. The van der Waals surface area contributed by atoms with Gasteiger partial charge >= 0.3 is 5.69 Å². The Kier molecular flexibility index (Phi) is 6.76. The van der Waals surface area contributed by atoms with Gasteiger partial charge in [0.05, 0.1) is 26.0 Å². The number of H-pyrrole nitrogens is 1. The first-order valence-corrected chi connectivity index (χ1v) is 11.6. The first kappa shape index (κ1) is 23.6. The van der Waals surface area contributed by atoms with E-state index in [-0.39, 0.29) is 36.1 Å². The van der Waals surface area contributed by atoms with Gasteiger partial charge in [-0.25, -0.2) is 9.80 Å². The fraction of sp³-hybridized carbons (Fsp3) is 0.500. The topological polar surface area (TPSA) is 126 Å². The molecule has 0 saturated heterocycles. The van der Waals surface area contributed by atoms with Gasteiger partial charge in [0.1, 0.15) is 17.1 Å². The van der Waals surface area contributed by atoms with Gasteiger partial charge in [-0.1, -0.05) is 26.2 Å². The van der Waals surface area contributed by atoms with Crippen molar-refractivity contribution < 1.29 is 19.4 Å². The van der Waals surface area contributed by atoms with Gasteiger partial charge in [0.2, 0.25) is 11.8 Å². The van der Waals surface area contributed by atoms with E-state index < -0.39 is 23.2 Å². The van der Waals surface area contributed by atoms with Gasteiger partial charge in [-0.2, -0.15) is 5.10 Å². The molecule has 1 unspecified atom stereocenters. The van der Waals surface area contributed by atoms with Gasteiger partial charge in [0.15, 0.2) is 0 Å². The molecule has 1 amide bonds. The molecule has 0 bridgehead atoms. The van der Waals surface area contributed by atoms with E-state index in [1.807, 2.05) is 0 Å². The zero-order valence-corrected chi connectivity index (χ0v) is 19.7. The molecule has 2 aromatic rings. The predicted molar refractivity (Wildman–Crippen MR) is 126 cm³/mol. The smallest absolute Gasteiger partial charge is 0.331 e. The first-order valence-electron chi connectivity index (χ1n) is 11.6. The van der Waals surface area contributed by atoms with Crippen molar-refractivity contribution in [2.45, 2.75) is 64.0 Å². The van der Waals surface area contributed by atoms with E-state index in [2.05, 4.69) is 10.1 Å². The third kappa shape index (κ3) is 4.20. The van der Waals surface area contributed by atoms with Gasteiger partial charge in [0.25, 0.3) is 5.56 Å². The summed E-state index contributed by atoms with van der Waals surface area (Å²) >= 11 is 0. The number of aromatic nitrogens is 2. The monoisotopic (exact) mass is 470 g/mol. The second kappa shape index (κ2) is 9.74. The quantitative estimate of drug-likeness (QED) is 0.669. The summed E-state index contributed by atoms with van der Waals surface area (Å²) in [5, 5.41) is 16.9. The molecule has 1 aliphatic heterocycles. The average Bonchev–Trinajstić information content (AvgIpc) is 3.28. The normalized spacial score (nSPS) is 18.6. The van der Waals surface area contributed by atoms with E-state index in [9.17, 15) is 19.5 Å². The van der Waals surface area contributed by atoms with Crippen molar-refractivity contribution in [3.63, 3.8) is 0 Å². The first-order chi connectivity index (χ1) is 16.4. The summed E-state index contributed by atoms with van der Waals surface area (Å²) in [6.07, 6.45) is 4.85. The molecule has 0 spiro atoms. The van der Waals surface area contributed by atoms with E-state index in [0.717, 1.165) is 32.1 Å². The largest absolute Gasteiger partial charge is 0.497 e. The summed E-state index contributed by atoms with van der Waals surface area (Å²) in [4.78, 5) is 40.5. The van der Waals surface area contributed by atoms with Crippen molar-refractivity contribution in [3.8, 4) is 17.4 Å². The van der Waals surface area contributed by atoms with Crippen LogP contribution in [0.2, 0.25) is 0 Å². The van der Waals surface area contributed by atoms with Crippen molar-refractivity contribution in [2.24, 2.45) is 5.10 Å². The maximum atomic E-state index is 12.8. The number of hydrazone groups is 1. The molecule has 2 heterocycles. The van der Waals surface area contributed by atoms with E-state index in [1.165, 1.54) is 16.7 Å². The average molecular weight is 471 g/mol. The Labute approximate surface area is 196 Å². The van der Waals surface area contributed by atoms with Crippen LogP contribution in [-0.2, 0) is 4.79 Å². The fourth-order valence-electron chi connectivity index (χ4n) is 4.87. The van der Waals surface area contributed by atoms with E-state index in [1.54, 1.807) is 32.2 Å². The molecule has 2 N–H and O–H groups in total. The number of carbonyl (C=O) groups excluding carboxylic acids is 1. The second-order valence-corrected chi connectivity index (χ2v) is 8.59. The number of aromatic amines is 1. The third-order valence-corrected chi connectivity index (χ3v) is 6.61. The molecule has 10 nitrogen and oxygen atoms in total. The van der Waals surface area contributed by atoms with Crippen LogP contribution in [0.25, 0.3) is 0 Å². The second-order valence-electron chi connectivity index (χ2n) is 8.59. The molecule has 1 fully saturated rings. The summed E-state index contributed by atoms with van der Waals surface area (Å²) < 4.78 is 12.1. The van der Waals surface area contributed by atoms with Crippen molar-refractivity contribution in [1.82, 2.24) is 14.6 Å². The lowest BCUT2D eigenvalue weighted by Gasteiger charge is -2.25. The number of carbonyl (C=O) groups is 1. The van der Waals surface area contributed by atoms with E-state index >= 15 is 0 Å². The highest BCUT2D eigenvalue weighted by atomic mass is 16.5. The van der Waals surface area contributed by atoms with Crippen LogP contribution in [-0.4, -0.2) is 45.5 Å². The molecule has 4 rings (SSSR count). The molecular weight excluding hydrogens is 440 g/mol. The predicted octanol–water partition coefficient (Wildman–Crippen LogP) is 2.85. The highest BCUT2D eigenvalue weighted by molar-refractivity contribution is 6.04. The summed E-state index contributed by atoms with van der Waals surface area (Å²) in [5.74, 6) is 0.474. The fourth-order valence-corrected chi connectivity index (χ4v) is 4.87. The number of amides is 1. The van der Waals surface area contributed by atoms with Crippen LogP contribution in [0.1, 0.15) is 75.1 Å². The minimum absolute atomic E-state index is 0.0749. The molecule has 1 saturated carbocycles. The molecule has 2 aliphatic rings. The highest BCUT2D eigenvalue weighted by Gasteiger charge is 2.37. The van der Waals surface area contributed by atoms with Crippen molar-refractivity contribution in [2.75, 3.05) is 14.2 Å². The number of aromatic hydroxyl groups is 1. The van der Waals surface area contributed by atoms with Crippen molar-refractivity contribution >= 4 is 11.6 Å². The molecule has 1 aromatic heterocycles. The molecule has 1 aromatic carbocycles. The number of ether oxygens (including phenoxy) is 2. The van der Waals surface area contributed by atoms with Gasteiger partial charge in [-0.15, -0.1) is 0 Å². The van der Waals surface area contributed by atoms with E-state index in [4.69, 9.17) is 9.47 Å². The van der Waals surface area contributed by atoms with Crippen LogP contribution in [0.4, 0.5) is 0 Å². The number of benzene rings is 1. The zero-order valence-electron chi connectivity index (χ0n) is 19.7. The number of nitrogens with one attached hydrogen (secondary N) is 1. The minimum atomic E-state index is -0.723.